The molecule has 2 heteroatoms. The Bertz CT molecular complexity index is 190. The number of unbranched alkanes of at least 4 members (excludes halogenated alkanes) is 5. The number of likely N-dealkylation sites (tertiary alicyclic amines) is 1. The van der Waals surface area contributed by atoms with Crippen LogP contribution in [0, 0.1) is 17.8 Å². The molecule has 0 radical (unpaired) electrons. The van der Waals surface area contributed by atoms with Gasteiger partial charge in [0.15, 0.2) is 0 Å². The highest BCUT2D eigenvalue weighted by Crippen LogP contribution is 2.22. The van der Waals surface area contributed by atoms with Crippen LogP contribution in [0.1, 0.15) is 78.1 Å². The molecule has 0 aromatic rings. The molecule has 0 aromatic carbocycles. The molecule has 0 spiro atoms. The third-order valence-electron chi connectivity index (χ3n) is 4.25. The van der Waals surface area contributed by atoms with E-state index in [0.29, 0.717) is 0 Å². The standard InChI is InChI=1S/C16H33N.CHN/c1-3-5-7-8-9-13-17-14-11-16(12-15-17)10-6-4-2;1-2/h16H,3-15H2,1-2H3;1H. The van der Waals surface area contributed by atoms with Gasteiger partial charge in [-0.2, -0.15) is 0 Å². The maximum Gasteiger partial charge on any atom is 0.0462 e. The SMILES string of the molecule is C#N.CCCCCCCN1CCC(CCCC)CC1. The molecular formula is C17H34N2. The number of hydrogen-bond acceptors (Lipinski definition) is 2. The van der Waals surface area contributed by atoms with Gasteiger partial charge in [0.25, 0.3) is 0 Å². The van der Waals surface area contributed by atoms with Crippen molar-refractivity contribution in [1.82, 2.24) is 4.90 Å². The van der Waals surface area contributed by atoms with Crippen molar-refractivity contribution in [3.63, 3.8) is 0 Å². The molecule has 1 aliphatic rings. The largest absolute Gasteiger partial charge is 0.303 e. The Hall–Kier alpha value is -0.550. The number of piperidine rings is 1. The lowest BCUT2D eigenvalue weighted by Crippen LogP contribution is -2.34. The van der Waals surface area contributed by atoms with Gasteiger partial charge >= 0.3 is 0 Å². The minimum absolute atomic E-state index is 1.05. The van der Waals surface area contributed by atoms with Crippen molar-refractivity contribution in [3.05, 3.63) is 0 Å². The predicted octanol–water partition coefficient (Wildman–Crippen LogP) is 5.00. The van der Waals surface area contributed by atoms with Crippen molar-refractivity contribution < 1.29 is 0 Å². The summed E-state index contributed by atoms with van der Waals surface area (Å²) < 4.78 is 0. The third-order valence-corrected chi connectivity index (χ3v) is 4.25. The van der Waals surface area contributed by atoms with Crippen LogP contribution in [-0.2, 0) is 0 Å². The van der Waals surface area contributed by atoms with Crippen molar-refractivity contribution in [2.24, 2.45) is 5.92 Å². The van der Waals surface area contributed by atoms with Gasteiger partial charge in [-0.1, -0.05) is 58.8 Å². The summed E-state index contributed by atoms with van der Waals surface area (Å²) in [5.41, 5.74) is 0. The average molecular weight is 266 g/mol. The van der Waals surface area contributed by atoms with E-state index in [2.05, 4.69) is 25.3 Å². The summed E-state index contributed by atoms with van der Waals surface area (Å²) in [6.45, 7) is 12.2. The van der Waals surface area contributed by atoms with Crippen molar-refractivity contribution in [3.8, 4) is 6.57 Å². The fourth-order valence-electron chi connectivity index (χ4n) is 2.93. The van der Waals surface area contributed by atoms with Gasteiger partial charge in [-0.15, -0.1) is 0 Å². The van der Waals surface area contributed by atoms with Gasteiger partial charge in [-0.05, 0) is 44.8 Å². The highest BCUT2D eigenvalue weighted by atomic mass is 15.1. The Morgan fingerprint density at radius 2 is 1.47 bits per heavy atom. The van der Waals surface area contributed by atoms with Crippen LogP contribution in [-0.4, -0.2) is 24.5 Å². The topological polar surface area (TPSA) is 27.0 Å². The summed E-state index contributed by atoms with van der Waals surface area (Å²) in [4.78, 5) is 2.70. The first-order valence-electron chi connectivity index (χ1n) is 8.35. The minimum atomic E-state index is 1.05. The van der Waals surface area contributed by atoms with E-state index < -0.39 is 0 Å². The summed E-state index contributed by atoms with van der Waals surface area (Å²) in [5.74, 6) is 1.05. The molecule has 0 unspecified atom stereocenters. The van der Waals surface area contributed by atoms with Crippen LogP contribution in [0.25, 0.3) is 0 Å². The van der Waals surface area contributed by atoms with E-state index in [9.17, 15) is 0 Å². The molecular weight excluding hydrogens is 232 g/mol. The molecule has 1 saturated heterocycles. The van der Waals surface area contributed by atoms with Crippen molar-refractivity contribution in [2.45, 2.75) is 78.1 Å². The second-order valence-corrected chi connectivity index (χ2v) is 5.84. The Morgan fingerprint density at radius 3 is 2.05 bits per heavy atom. The van der Waals surface area contributed by atoms with E-state index in [4.69, 9.17) is 5.26 Å². The molecule has 1 aliphatic heterocycles. The molecule has 2 nitrogen and oxygen atoms in total. The van der Waals surface area contributed by atoms with E-state index in [1.165, 1.54) is 83.8 Å². The van der Waals surface area contributed by atoms with Crippen LogP contribution in [0.3, 0.4) is 0 Å². The Kier molecular flexibility index (Phi) is 13.5. The zero-order valence-corrected chi connectivity index (χ0v) is 13.2. The lowest BCUT2D eigenvalue weighted by molar-refractivity contribution is 0.174. The van der Waals surface area contributed by atoms with Gasteiger partial charge < -0.3 is 4.90 Å². The Labute approximate surface area is 121 Å². The lowest BCUT2D eigenvalue weighted by Gasteiger charge is -2.32. The summed E-state index contributed by atoms with van der Waals surface area (Å²) in [6, 6.07) is 0. The van der Waals surface area contributed by atoms with Crippen molar-refractivity contribution in [1.29, 1.82) is 5.26 Å². The number of nitrogens with zero attached hydrogens (tertiary/aromatic N) is 2. The first-order chi connectivity index (χ1) is 9.36. The van der Waals surface area contributed by atoms with Gasteiger partial charge in [0.05, 0.1) is 0 Å². The fourth-order valence-corrected chi connectivity index (χ4v) is 2.93. The third kappa shape index (κ3) is 9.96. The van der Waals surface area contributed by atoms with Crippen LogP contribution in [0.2, 0.25) is 0 Å². The molecule has 1 fully saturated rings. The second-order valence-electron chi connectivity index (χ2n) is 5.84. The highest BCUT2D eigenvalue weighted by molar-refractivity contribution is 4.72. The normalized spacial score (nSPS) is 16.8. The Balaban J connectivity index is 0.00000154. The molecule has 0 N–H and O–H groups in total. The highest BCUT2D eigenvalue weighted by Gasteiger charge is 2.17. The summed E-state index contributed by atoms with van der Waals surface area (Å²) >= 11 is 0. The van der Waals surface area contributed by atoms with Crippen LogP contribution < -0.4 is 0 Å². The first-order valence-corrected chi connectivity index (χ1v) is 8.35. The molecule has 0 aromatic heterocycles. The summed E-state index contributed by atoms with van der Waals surface area (Å²) in [7, 11) is 0. The van der Waals surface area contributed by atoms with Crippen molar-refractivity contribution in [2.75, 3.05) is 19.6 Å². The molecule has 0 atom stereocenters. The average Bonchev–Trinajstić information content (AvgIpc) is 2.48. The van der Waals surface area contributed by atoms with Gasteiger partial charge in [0.2, 0.25) is 0 Å². The Morgan fingerprint density at radius 1 is 0.895 bits per heavy atom. The molecule has 1 rings (SSSR count). The number of rotatable bonds is 9. The molecule has 0 saturated carbocycles. The molecule has 112 valence electrons. The van der Waals surface area contributed by atoms with Gasteiger partial charge in [0.1, 0.15) is 0 Å². The first kappa shape index (κ1) is 18.4. The van der Waals surface area contributed by atoms with E-state index in [1.807, 2.05) is 0 Å². The number of nitriles is 1. The fraction of sp³-hybridized carbons (Fsp3) is 0.941. The monoisotopic (exact) mass is 266 g/mol. The molecule has 19 heavy (non-hydrogen) atoms. The smallest absolute Gasteiger partial charge is 0.0462 e. The lowest BCUT2D eigenvalue weighted by atomic mass is 9.91. The zero-order valence-electron chi connectivity index (χ0n) is 13.2. The van der Waals surface area contributed by atoms with Gasteiger partial charge in [-0.25, -0.2) is 5.26 Å². The predicted molar refractivity (Wildman–Crippen MR) is 84.1 cm³/mol. The van der Waals surface area contributed by atoms with Gasteiger partial charge in [-0.3, -0.25) is 0 Å². The van der Waals surface area contributed by atoms with Crippen LogP contribution in [0.4, 0.5) is 0 Å². The van der Waals surface area contributed by atoms with Gasteiger partial charge in [0, 0.05) is 6.57 Å². The van der Waals surface area contributed by atoms with E-state index in [1.54, 1.807) is 0 Å². The molecule has 0 bridgehead atoms. The summed E-state index contributed by atoms with van der Waals surface area (Å²) in [5, 5.41) is 6.50. The summed E-state index contributed by atoms with van der Waals surface area (Å²) in [6.07, 6.45) is 14.4. The van der Waals surface area contributed by atoms with E-state index in [0.717, 1.165) is 5.92 Å². The maximum absolute atomic E-state index is 6.50. The second kappa shape index (κ2) is 13.9. The van der Waals surface area contributed by atoms with E-state index >= 15 is 0 Å². The molecule has 0 amide bonds. The zero-order chi connectivity index (χ0) is 14.3. The van der Waals surface area contributed by atoms with Crippen molar-refractivity contribution >= 4 is 0 Å². The molecule has 0 aliphatic carbocycles. The minimum Gasteiger partial charge on any atom is -0.303 e. The van der Waals surface area contributed by atoms with E-state index in [-0.39, 0.29) is 0 Å². The maximum atomic E-state index is 6.50. The van der Waals surface area contributed by atoms with Crippen LogP contribution in [0.15, 0.2) is 0 Å². The van der Waals surface area contributed by atoms with Crippen LogP contribution >= 0.6 is 0 Å². The number of hydrogen-bond donors (Lipinski definition) is 0. The molecule has 1 heterocycles. The van der Waals surface area contributed by atoms with Crippen LogP contribution in [0.5, 0.6) is 0 Å². The quantitative estimate of drug-likeness (QED) is 0.549.